The van der Waals surface area contributed by atoms with Crippen molar-refractivity contribution < 1.29 is 18.0 Å². The van der Waals surface area contributed by atoms with Crippen molar-refractivity contribution in [2.45, 2.75) is 56.2 Å². The number of halogens is 3. The van der Waals surface area contributed by atoms with Crippen molar-refractivity contribution in [3.05, 3.63) is 71.3 Å². The van der Waals surface area contributed by atoms with E-state index >= 15 is 0 Å². The van der Waals surface area contributed by atoms with Crippen LogP contribution in [0.2, 0.25) is 0 Å². The summed E-state index contributed by atoms with van der Waals surface area (Å²) in [5.74, 6) is 2.27. The van der Waals surface area contributed by atoms with Gasteiger partial charge in [-0.05, 0) is 73.1 Å². The number of fused-ring (bicyclic) bond motifs is 1. The first-order valence-electron chi connectivity index (χ1n) is 13.1. The molecule has 6 heteroatoms. The van der Waals surface area contributed by atoms with Crippen molar-refractivity contribution in [1.29, 1.82) is 0 Å². The number of piperidine rings is 1. The Kier molecular flexibility index (Phi) is 5.90. The summed E-state index contributed by atoms with van der Waals surface area (Å²) in [6.07, 6.45) is 1.52. The molecular weight excluding hydrogens is 449 g/mol. The fraction of sp³-hybridized carbons (Fsp3) is 0.552. The van der Waals surface area contributed by atoms with Crippen LogP contribution in [-0.4, -0.2) is 47.9 Å². The summed E-state index contributed by atoms with van der Waals surface area (Å²) in [5.41, 5.74) is 1.76. The Morgan fingerprint density at radius 1 is 0.743 bits per heavy atom. The molecule has 2 heterocycles. The van der Waals surface area contributed by atoms with E-state index in [1.807, 2.05) is 4.90 Å². The van der Waals surface area contributed by atoms with Crippen LogP contribution < -0.4 is 0 Å². The summed E-state index contributed by atoms with van der Waals surface area (Å²) in [7, 11) is 0. The van der Waals surface area contributed by atoms with Gasteiger partial charge < -0.3 is 4.90 Å². The van der Waals surface area contributed by atoms with E-state index in [4.69, 9.17) is 0 Å². The number of hydrogen-bond donors (Lipinski definition) is 0. The SMILES string of the molecule is O=C(C1[C@H]2CN(C3CCC(c4ccccc4)CC3)C[C@@H]12)N1CCC(c2ccc(C(F)(F)F)cc2)C1. The largest absolute Gasteiger partial charge is 0.416 e. The molecule has 4 fully saturated rings. The van der Waals surface area contributed by atoms with Gasteiger partial charge in [0.05, 0.1) is 5.56 Å². The molecular formula is C29H33F3N2O. The summed E-state index contributed by atoms with van der Waals surface area (Å²) >= 11 is 0. The second-order valence-corrected chi connectivity index (χ2v) is 11.1. The van der Waals surface area contributed by atoms with Gasteiger partial charge in [-0.2, -0.15) is 13.2 Å². The topological polar surface area (TPSA) is 23.6 Å². The Morgan fingerprint density at radius 2 is 1.37 bits per heavy atom. The van der Waals surface area contributed by atoms with Gasteiger partial charge in [0, 0.05) is 44.1 Å². The smallest absolute Gasteiger partial charge is 0.342 e. The van der Waals surface area contributed by atoms with Crippen molar-refractivity contribution in [1.82, 2.24) is 9.80 Å². The zero-order valence-electron chi connectivity index (χ0n) is 20.0. The van der Waals surface area contributed by atoms with E-state index in [9.17, 15) is 18.0 Å². The van der Waals surface area contributed by atoms with E-state index in [1.54, 1.807) is 12.1 Å². The highest BCUT2D eigenvalue weighted by Crippen LogP contribution is 2.54. The van der Waals surface area contributed by atoms with E-state index in [0.717, 1.165) is 37.2 Å². The highest BCUT2D eigenvalue weighted by Gasteiger charge is 2.61. The van der Waals surface area contributed by atoms with Crippen molar-refractivity contribution in [3.8, 4) is 0 Å². The number of alkyl halides is 3. The zero-order valence-corrected chi connectivity index (χ0v) is 20.0. The standard InChI is InChI=1S/C29H33F3N2O/c30-29(31,32)23-10-6-21(7-11-23)22-14-15-33(16-22)28(35)27-25-17-34(18-26(25)27)24-12-8-20(9-13-24)19-4-2-1-3-5-19/h1-7,10-11,20,22,24-27H,8-9,12-18H2/t20?,22?,24?,25-,26+,27?. The Bertz CT molecular complexity index is 1030. The lowest BCUT2D eigenvalue weighted by Crippen LogP contribution is -2.40. The number of likely N-dealkylation sites (tertiary alicyclic amines) is 2. The summed E-state index contributed by atoms with van der Waals surface area (Å²) in [4.78, 5) is 17.8. The van der Waals surface area contributed by atoms with Crippen LogP contribution in [0.1, 0.15) is 60.6 Å². The van der Waals surface area contributed by atoms with Crippen LogP contribution in [0.3, 0.4) is 0 Å². The molecule has 2 aromatic rings. The fourth-order valence-electron chi connectivity index (χ4n) is 7.11. The highest BCUT2D eigenvalue weighted by atomic mass is 19.4. The van der Waals surface area contributed by atoms with Crippen LogP contribution in [0.5, 0.6) is 0 Å². The average molecular weight is 483 g/mol. The number of benzene rings is 2. The Balaban J connectivity index is 0.981. The van der Waals surface area contributed by atoms with Crippen LogP contribution in [0.15, 0.2) is 54.6 Å². The molecule has 2 saturated carbocycles. The van der Waals surface area contributed by atoms with E-state index in [-0.39, 0.29) is 17.7 Å². The summed E-state index contributed by atoms with van der Waals surface area (Å²) in [6.45, 7) is 3.46. The minimum absolute atomic E-state index is 0.135. The molecule has 0 spiro atoms. The van der Waals surface area contributed by atoms with Crippen LogP contribution in [0.4, 0.5) is 13.2 Å². The van der Waals surface area contributed by atoms with Gasteiger partial charge in [-0.1, -0.05) is 42.5 Å². The van der Waals surface area contributed by atoms with Gasteiger partial charge in [0.1, 0.15) is 0 Å². The number of amides is 1. The van der Waals surface area contributed by atoms with Gasteiger partial charge >= 0.3 is 6.18 Å². The van der Waals surface area contributed by atoms with E-state index in [0.29, 0.717) is 36.9 Å². The Labute approximate surface area is 205 Å². The minimum Gasteiger partial charge on any atom is -0.342 e. The molecule has 0 radical (unpaired) electrons. The normalized spacial score (nSPS) is 33.1. The average Bonchev–Trinajstić information content (AvgIpc) is 3.21. The molecule has 6 rings (SSSR count). The number of rotatable bonds is 4. The van der Waals surface area contributed by atoms with Gasteiger partial charge in [-0.15, -0.1) is 0 Å². The second-order valence-electron chi connectivity index (χ2n) is 11.1. The Morgan fingerprint density at radius 3 is 2.00 bits per heavy atom. The zero-order chi connectivity index (χ0) is 24.2. The molecule has 186 valence electrons. The molecule has 3 nitrogen and oxygen atoms in total. The number of carbonyl (C=O) groups is 1. The van der Waals surface area contributed by atoms with Gasteiger partial charge in [-0.25, -0.2) is 0 Å². The molecule has 0 bridgehead atoms. The predicted molar refractivity (Wildman–Crippen MR) is 129 cm³/mol. The van der Waals surface area contributed by atoms with E-state index < -0.39 is 11.7 Å². The molecule has 2 aliphatic heterocycles. The maximum Gasteiger partial charge on any atom is 0.416 e. The molecule has 4 atom stereocenters. The number of nitrogens with zero attached hydrogens (tertiary/aromatic N) is 2. The summed E-state index contributed by atoms with van der Waals surface area (Å²) < 4.78 is 38.6. The second kappa shape index (κ2) is 8.95. The third-order valence-corrected chi connectivity index (χ3v) is 9.20. The molecule has 2 unspecified atom stereocenters. The van der Waals surface area contributed by atoms with E-state index in [1.165, 1.54) is 31.2 Å². The molecule has 2 aromatic carbocycles. The van der Waals surface area contributed by atoms with E-state index in [2.05, 4.69) is 35.2 Å². The van der Waals surface area contributed by atoms with Gasteiger partial charge in [0.25, 0.3) is 0 Å². The minimum atomic E-state index is -4.31. The molecule has 2 saturated heterocycles. The lowest BCUT2D eigenvalue weighted by molar-refractivity contribution is -0.137. The molecule has 0 N–H and O–H groups in total. The first-order valence-corrected chi connectivity index (χ1v) is 13.1. The Hall–Kier alpha value is -2.34. The van der Waals surface area contributed by atoms with Crippen molar-refractivity contribution >= 4 is 5.91 Å². The van der Waals surface area contributed by atoms with Crippen LogP contribution in [0, 0.1) is 17.8 Å². The van der Waals surface area contributed by atoms with Gasteiger partial charge in [0.2, 0.25) is 5.91 Å². The van der Waals surface area contributed by atoms with Gasteiger partial charge in [-0.3, -0.25) is 9.69 Å². The third-order valence-electron chi connectivity index (χ3n) is 9.20. The maximum atomic E-state index is 13.2. The predicted octanol–water partition coefficient (Wildman–Crippen LogP) is 5.93. The lowest BCUT2D eigenvalue weighted by Gasteiger charge is -2.36. The van der Waals surface area contributed by atoms with Crippen LogP contribution in [-0.2, 0) is 11.0 Å². The lowest BCUT2D eigenvalue weighted by atomic mass is 9.81. The van der Waals surface area contributed by atoms with Crippen LogP contribution >= 0.6 is 0 Å². The van der Waals surface area contributed by atoms with Crippen molar-refractivity contribution in [3.63, 3.8) is 0 Å². The number of hydrogen-bond acceptors (Lipinski definition) is 2. The van der Waals surface area contributed by atoms with Crippen molar-refractivity contribution in [2.24, 2.45) is 17.8 Å². The highest BCUT2D eigenvalue weighted by molar-refractivity contribution is 5.83. The first kappa shape index (κ1) is 23.1. The monoisotopic (exact) mass is 482 g/mol. The molecule has 1 amide bonds. The first-order chi connectivity index (χ1) is 16.9. The van der Waals surface area contributed by atoms with Gasteiger partial charge in [0.15, 0.2) is 0 Å². The fourth-order valence-corrected chi connectivity index (χ4v) is 7.11. The molecule has 2 aliphatic carbocycles. The third kappa shape index (κ3) is 4.50. The molecule has 0 aromatic heterocycles. The summed E-state index contributed by atoms with van der Waals surface area (Å²) in [6, 6.07) is 17.0. The maximum absolute atomic E-state index is 13.2. The molecule has 35 heavy (non-hydrogen) atoms. The molecule has 4 aliphatic rings. The summed E-state index contributed by atoms with van der Waals surface area (Å²) in [5, 5.41) is 0. The van der Waals surface area contributed by atoms with Crippen LogP contribution in [0.25, 0.3) is 0 Å². The number of carbonyl (C=O) groups excluding carboxylic acids is 1. The quantitative estimate of drug-likeness (QED) is 0.540. The van der Waals surface area contributed by atoms with Crippen molar-refractivity contribution in [2.75, 3.05) is 26.2 Å².